The van der Waals surface area contributed by atoms with E-state index in [1.54, 1.807) is 34.3 Å². The summed E-state index contributed by atoms with van der Waals surface area (Å²) >= 11 is 1.59. The number of amides is 2. The van der Waals surface area contributed by atoms with Crippen molar-refractivity contribution in [2.75, 3.05) is 27.0 Å². The summed E-state index contributed by atoms with van der Waals surface area (Å²) in [6.45, 7) is 5.07. The van der Waals surface area contributed by atoms with Crippen LogP contribution in [0.4, 0.5) is 0 Å². The fourth-order valence-corrected chi connectivity index (χ4v) is 4.51. The van der Waals surface area contributed by atoms with E-state index in [4.69, 9.17) is 14.2 Å². The lowest BCUT2D eigenvalue weighted by molar-refractivity contribution is -0.140. The Morgan fingerprint density at radius 1 is 1.00 bits per heavy atom. The van der Waals surface area contributed by atoms with Gasteiger partial charge in [-0.25, -0.2) is 0 Å². The van der Waals surface area contributed by atoms with E-state index in [1.807, 2.05) is 60.0 Å². The number of carbonyl (C=O) groups excluding carboxylic acids is 2. The van der Waals surface area contributed by atoms with Crippen LogP contribution in [0.3, 0.4) is 0 Å². The van der Waals surface area contributed by atoms with Gasteiger partial charge in [0.1, 0.15) is 12.3 Å². The van der Waals surface area contributed by atoms with Crippen molar-refractivity contribution >= 4 is 23.2 Å². The molecule has 0 saturated carbocycles. The smallest absolute Gasteiger partial charge is 0.242 e. The molecule has 0 unspecified atom stereocenters. The molecule has 7 nitrogen and oxygen atoms in total. The average molecular weight is 493 g/mol. The van der Waals surface area contributed by atoms with Gasteiger partial charge >= 0.3 is 0 Å². The van der Waals surface area contributed by atoms with E-state index < -0.39 is 0 Å². The molecule has 0 N–H and O–H groups in total. The van der Waals surface area contributed by atoms with Gasteiger partial charge in [-0.05, 0) is 46.8 Å². The highest BCUT2D eigenvalue weighted by Gasteiger charge is 2.23. The summed E-state index contributed by atoms with van der Waals surface area (Å²) in [7, 11) is 1.60. The molecule has 0 bridgehead atoms. The van der Waals surface area contributed by atoms with Crippen molar-refractivity contribution in [1.29, 1.82) is 0 Å². The normalized spacial score (nSPS) is 11.7. The molecule has 0 saturated heterocycles. The van der Waals surface area contributed by atoms with Gasteiger partial charge in [0.2, 0.25) is 18.6 Å². The monoisotopic (exact) mass is 492 g/mol. The van der Waals surface area contributed by atoms with Gasteiger partial charge in [-0.15, -0.1) is 17.9 Å². The molecule has 182 valence electrons. The van der Waals surface area contributed by atoms with Crippen LogP contribution >= 0.6 is 11.3 Å². The number of rotatable bonds is 11. The Balaban J connectivity index is 1.47. The third-order valence-electron chi connectivity index (χ3n) is 5.63. The van der Waals surface area contributed by atoms with Crippen molar-refractivity contribution in [1.82, 2.24) is 9.80 Å². The van der Waals surface area contributed by atoms with Crippen molar-refractivity contribution < 1.29 is 23.8 Å². The summed E-state index contributed by atoms with van der Waals surface area (Å²) in [4.78, 5) is 30.9. The van der Waals surface area contributed by atoms with Crippen LogP contribution in [-0.2, 0) is 29.1 Å². The number of ether oxygens (including phenoxy) is 3. The lowest BCUT2D eigenvalue weighted by Crippen LogP contribution is -2.43. The maximum atomic E-state index is 13.5. The van der Waals surface area contributed by atoms with Crippen molar-refractivity contribution in [3.63, 3.8) is 0 Å². The van der Waals surface area contributed by atoms with E-state index >= 15 is 0 Å². The summed E-state index contributed by atoms with van der Waals surface area (Å²) in [5, 5.41) is 1.99. The molecule has 0 aliphatic carbocycles. The molecule has 1 aromatic heterocycles. The van der Waals surface area contributed by atoms with Crippen LogP contribution in [0.1, 0.15) is 16.0 Å². The van der Waals surface area contributed by atoms with Crippen molar-refractivity contribution in [3.8, 4) is 17.2 Å². The number of methoxy groups -OCH3 is 1. The molecule has 1 aliphatic heterocycles. The number of hydrogen-bond donors (Lipinski definition) is 0. The maximum Gasteiger partial charge on any atom is 0.242 e. The minimum Gasteiger partial charge on any atom is -0.497 e. The first-order chi connectivity index (χ1) is 17.1. The highest BCUT2D eigenvalue weighted by atomic mass is 32.1. The lowest BCUT2D eigenvalue weighted by atomic mass is 10.1. The highest BCUT2D eigenvalue weighted by Crippen LogP contribution is 2.33. The van der Waals surface area contributed by atoms with Crippen molar-refractivity contribution in [2.24, 2.45) is 0 Å². The summed E-state index contributed by atoms with van der Waals surface area (Å²) in [5.74, 6) is 1.83. The predicted molar refractivity (Wildman–Crippen MR) is 135 cm³/mol. The molecule has 0 atom stereocenters. The summed E-state index contributed by atoms with van der Waals surface area (Å²) < 4.78 is 16.1. The van der Waals surface area contributed by atoms with Crippen LogP contribution in [0.25, 0.3) is 0 Å². The van der Waals surface area contributed by atoms with Crippen molar-refractivity contribution in [2.45, 2.75) is 19.5 Å². The zero-order valence-corrected chi connectivity index (χ0v) is 20.5. The van der Waals surface area contributed by atoms with Gasteiger partial charge in [-0.3, -0.25) is 9.59 Å². The molecular weight excluding hydrogens is 464 g/mol. The van der Waals surface area contributed by atoms with Gasteiger partial charge < -0.3 is 24.0 Å². The van der Waals surface area contributed by atoms with Crippen LogP contribution in [-0.4, -0.2) is 48.6 Å². The van der Waals surface area contributed by atoms with E-state index in [0.29, 0.717) is 24.6 Å². The summed E-state index contributed by atoms with van der Waals surface area (Å²) in [6, 6.07) is 17.0. The van der Waals surface area contributed by atoms with Gasteiger partial charge in [0.05, 0.1) is 20.1 Å². The molecular formula is C27H28N2O5S. The number of benzene rings is 2. The first-order valence-corrected chi connectivity index (χ1v) is 12.1. The summed E-state index contributed by atoms with van der Waals surface area (Å²) in [5.41, 5.74) is 1.78. The molecule has 0 fully saturated rings. The predicted octanol–water partition coefficient (Wildman–Crippen LogP) is 4.27. The Kier molecular flexibility index (Phi) is 8.05. The largest absolute Gasteiger partial charge is 0.497 e. The van der Waals surface area contributed by atoms with Crippen LogP contribution in [0.5, 0.6) is 17.2 Å². The number of nitrogens with zero attached hydrogens (tertiary/aromatic N) is 2. The second-order valence-electron chi connectivity index (χ2n) is 8.10. The average Bonchev–Trinajstić information content (AvgIpc) is 3.55. The second kappa shape index (κ2) is 11.6. The van der Waals surface area contributed by atoms with Crippen LogP contribution in [0, 0.1) is 0 Å². The summed E-state index contributed by atoms with van der Waals surface area (Å²) in [6.07, 6.45) is 1.83. The third-order valence-corrected chi connectivity index (χ3v) is 6.49. The highest BCUT2D eigenvalue weighted by molar-refractivity contribution is 7.09. The van der Waals surface area contributed by atoms with Crippen molar-refractivity contribution in [3.05, 3.63) is 88.6 Å². The Bertz CT molecular complexity index is 1160. The molecule has 0 spiro atoms. The molecule has 1 aliphatic rings. The molecule has 3 aromatic rings. The molecule has 0 radical (unpaired) electrons. The Labute approximate surface area is 209 Å². The topological polar surface area (TPSA) is 68.3 Å². The van der Waals surface area contributed by atoms with Gasteiger partial charge in [-0.1, -0.05) is 30.3 Å². The van der Waals surface area contributed by atoms with Gasteiger partial charge in [-0.2, -0.15) is 0 Å². The van der Waals surface area contributed by atoms with E-state index in [-0.39, 0.29) is 38.1 Å². The number of thiophene rings is 1. The first kappa shape index (κ1) is 24.3. The lowest BCUT2D eigenvalue weighted by Gasteiger charge is -2.27. The molecule has 4 rings (SSSR count). The zero-order chi connectivity index (χ0) is 24.6. The Morgan fingerprint density at radius 2 is 1.77 bits per heavy atom. The molecule has 8 heteroatoms. The second-order valence-corrected chi connectivity index (χ2v) is 9.14. The van der Waals surface area contributed by atoms with E-state index in [0.717, 1.165) is 21.8 Å². The molecule has 2 amide bonds. The number of fused-ring (bicyclic) bond motifs is 1. The fourth-order valence-electron chi connectivity index (χ4n) is 3.79. The molecule has 35 heavy (non-hydrogen) atoms. The van der Waals surface area contributed by atoms with Crippen LogP contribution < -0.4 is 14.2 Å². The molecule has 2 aromatic carbocycles. The van der Waals surface area contributed by atoms with Gasteiger partial charge in [0, 0.05) is 18.0 Å². The first-order valence-electron chi connectivity index (χ1n) is 11.3. The molecule has 2 heterocycles. The van der Waals surface area contributed by atoms with E-state index in [9.17, 15) is 9.59 Å². The SMILES string of the molecule is C=CCN(CC(=O)N(Cc1ccc2c(c1)OCO2)Cc1cccs1)C(=O)Cc1ccc(OC)cc1. The van der Waals surface area contributed by atoms with E-state index in [1.165, 1.54) is 0 Å². The van der Waals surface area contributed by atoms with Crippen LogP contribution in [0.15, 0.2) is 72.6 Å². The standard InChI is InChI=1S/C27H28N2O5S/c1-3-12-28(26(30)15-20-6-9-22(32-2)10-7-20)18-27(31)29(17-23-5-4-13-35-23)16-21-8-11-24-25(14-21)34-19-33-24/h3-11,13-14H,1,12,15-19H2,2H3. The Hall–Kier alpha value is -3.78. The van der Waals surface area contributed by atoms with Gasteiger partial charge in [0.25, 0.3) is 0 Å². The number of hydrogen-bond acceptors (Lipinski definition) is 6. The maximum absolute atomic E-state index is 13.5. The Morgan fingerprint density at radius 3 is 2.49 bits per heavy atom. The fraction of sp³-hybridized carbons (Fsp3) is 0.259. The zero-order valence-electron chi connectivity index (χ0n) is 19.6. The number of carbonyl (C=O) groups is 2. The minimum atomic E-state index is -0.138. The minimum absolute atomic E-state index is 0.0308. The van der Waals surface area contributed by atoms with Crippen LogP contribution in [0.2, 0.25) is 0 Å². The van der Waals surface area contributed by atoms with E-state index in [2.05, 4.69) is 6.58 Å². The third kappa shape index (κ3) is 6.42. The quantitative estimate of drug-likeness (QED) is 0.374. The van der Waals surface area contributed by atoms with Gasteiger partial charge in [0.15, 0.2) is 11.5 Å².